The minimum atomic E-state index is -1.63. The summed E-state index contributed by atoms with van der Waals surface area (Å²) in [5.74, 6) is -12.2. The van der Waals surface area contributed by atoms with Crippen LogP contribution in [0, 0.1) is 0 Å². The maximum atomic E-state index is 13.1. The standard InChI is InChI=1S/C25H39N7O14S2/c26-7-16(33)28-12(2-5-18(36)37)22(43)31-15(10-48)25(46)30-13(3-6-19(38)39)23(44)32-14(9-47)24(45)29-11(1-4-17(34)35)21(42)27-8-20(40)41/h11-15,47-48H,1-10,26H2,(H,27,42)(H,28,33)(H,29,45)(H,30,46)(H,31,43)(H,32,44)(H,34,35)(H,36,37)(H,38,39)(H,40,41)/t11-,12-,13-,14-,15-/m0/s1. The number of amides is 6. The van der Waals surface area contributed by atoms with Crippen LogP contribution in [0.1, 0.15) is 38.5 Å². The van der Waals surface area contributed by atoms with Crippen LogP contribution in [0.5, 0.6) is 0 Å². The molecule has 12 N–H and O–H groups in total. The number of nitrogens with one attached hydrogen (secondary N) is 6. The van der Waals surface area contributed by atoms with Gasteiger partial charge < -0.3 is 58.1 Å². The predicted octanol–water partition coefficient (Wildman–Crippen LogP) is -4.98. The van der Waals surface area contributed by atoms with Crippen molar-refractivity contribution in [3.05, 3.63) is 0 Å². The van der Waals surface area contributed by atoms with Crippen molar-refractivity contribution in [2.45, 2.75) is 68.7 Å². The van der Waals surface area contributed by atoms with Gasteiger partial charge in [-0.15, -0.1) is 0 Å². The molecule has 0 aliphatic rings. The third-order valence-electron chi connectivity index (χ3n) is 6.09. The van der Waals surface area contributed by atoms with Crippen LogP contribution in [0.2, 0.25) is 0 Å². The van der Waals surface area contributed by atoms with Crippen LogP contribution in [-0.4, -0.2) is 135 Å². The Hall–Kier alpha value is -4.64. The van der Waals surface area contributed by atoms with E-state index >= 15 is 0 Å². The molecular weight excluding hydrogens is 686 g/mol. The highest BCUT2D eigenvalue weighted by Crippen LogP contribution is 2.05. The average molecular weight is 726 g/mol. The van der Waals surface area contributed by atoms with Gasteiger partial charge in [-0.3, -0.25) is 47.9 Å². The Balaban J connectivity index is 5.85. The topological polar surface area (TPSA) is 350 Å². The van der Waals surface area contributed by atoms with Crippen molar-refractivity contribution in [3.8, 4) is 0 Å². The summed E-state index contributed by atoms with van der Waals surface area (Å²) in [4.78, 5) is 120. The molecule has 48 heavy (non-hydrogen) atoms. The summed E-state index contributed by atoms with van der Waals surface area (Å²) in [6.45, 7) is -1.37. The maximum absolute atomic E-state index is 13.1. The Kier molecular flexibility index (Phi) is 20.6. The number of hydrogen-bond acceptors (Lipinski definition) is 13. The summed E-state index contributed by atoms with van der Waals surface area (Å²) < 4.78 is 0. The van der Waals surface area contributed by atoms with E-state index in [0.717, 1.165) is 0 Å². The SMILES string of the molecule is NCC(=O)N[C@@H](CCC(=O)O)C(=O)N[C@@H](CS)C(=O)N[C@@H](CCC(=O)O)C(=O)N[C@@H](CS)C(=O)N[C@@H](CCC(=O)O)C(=O)NCC(=O)O. The zero-order chi connectivity index (χ0) is 37.0. The van der Waals surface area contributed by atoms with Gasteiger partial charge in [0.25, 0.3) is 0 Å². The highest BCUT2D eigenvalue weighted by atomic mass is 32.1. The Bertz CT molecular complexity index is 1220. The Morgan fingerprint density at radius 3 is 1.10 bits per heavy atom. The molecule has 0 saturated heterocycles. The van der Waals surface area contributed by atoms with Crippen LogP contribution in [0.3, 0.4) is 0 Å². The number of nitrogens with two attached hydrogens (primary N) is 1. The lowest BCUT2D eigenvalue weighted by Crippen LogP contribution is -2.60. The number of carboxylic acid groups (broad SMARTS) is 4. The van der Waals surface area contributed by atoms with E-state index in [1.54, 1.807) is 0 Å². The summed E-state index contributed by atoms with van der Waals surface area (Å²) in [6.07, 6.45) is -3.14. The van der Waals surface area contributed by atoms with E-state index in [2.05, 4.69) is 51.8 Å². The van der Waals surface area contributed by atoms with Crippen molar-refractivity contribution < 1.29 is 68.4 Å². The van der Waals surface area contributed by atoms with E-state index in [9.17, 15) is 47.9 Å². The first-order chi connectivity index (χ1) is 22.4. The lowest BCUT2D eigenvalue weighted by molar-refractivity contribution is -0.140. The predicted molar refractivity (Wildman–Crippen MR) is 168 cm³/mol. The Morgan fingerprint density at radius 2 is 0.792 bits per heavy atom. The van der Waals surface area contributed by atoms with Crippen LogP contribution in [0.25, 0.3) is 0 Å². The molecule has 270 valence electrons. The van der Waals surface area contributed by atoms with Crippen molar-refractivity contribution in [2.24, 2.45) is 5.73 Å². The number of aliphatic carboxylic acids is 4. The van der Waals surface area contributed by atoms with Gasteiger partial charge in [-0.1, -0.05) is 0 Å². The van der Waals surface area contributed by atoms with Gasteiger partial charge in [-0.25, -0.2) is 0 Å². The first kappa shape index (κ1) is 43.4. The number of carbonyl (C=O) groups is 10. The monoisotopic (exact) mass is 725 g/mol. The molecule has 0 rings (SSSR count). The molecule has 21 nitrogen and oxygen atoms in total. The largest absolute Gasteiger partial charge is 0.481 e. The molecule has 0 radical (unpaired) electrons. The zero-order valence-corrected chi connectivity index (χ0v) is 27.1. The molecule has 6 amide bonds. The van der Waals surface area contributed by atoms with Crippen molar-refractivity contribution >= 4 is 84.6 Å². The van der Waals surface area contributed by atoms with Gasteiger partial charge in [0.1, 0.15) is 36.8 Å². The number of hydrogen-bond donors (Lipinski definition) is 13. The first-order valence-electron chi connectivity index (χ1n) is 14.0. The van der Waals surface area contributed by atoms with Gasteiger partial charge in [0, 0.05) is 30.8 Å². The van der Waals surface area contributed by atoms with E-state index in [-0.39, 0.29) is 12.2 Å². The van der Waals surface area contributed by atoms with Crippen molar-refractivity contribution in [1.82, 2.24) is 31.9 Å². The third kappa shape index (κ3) is 17.9. The molecule has 0 aromatic rings. The summed E-state index contributed by atoms with van der Waals surface area (Å²) in [6, 6.07) is -7.62. The molecule has 0 unspecified atom stereocenters. The second-order valence-corrected chi connectivity index (χ2v) is 10.6. The number of thiol groups is 2. The molecule has 0 aromatic heterocycles. The van der Waals surface area contributed by atoms with Crippen molar-refractivity contribution in [1.29, 1.82) is 0 Å². The summed E-state index contributed by atoms with van der Waals surface area (Å²) in [5.41, 5.74) is 5.23. The van der Waals surface area contributed by atoms with Gasteiger partial charge in [0.15, 0.2) is 0 Å². The lowest BCUT2D eigenvalue weighted by atomic mass is 10.1. The minimum Gasteiger partial charge on any atom is -0.481 e. The molecular formula is C25H39N7O14S2. The number of rotatable bonds is 24. The Morgan fingerprint density at radius 1 is 0.479 bits per heavy atom. The fourth-order valence-corrected chi connectivity index (χ4v) is 4.14. The summed E-state index contributed by atoms with van der Waals surface area (Å²) in [5, 5.41) is 48.9. The van der Waals surface area contributed by atoms with Crippen LogP contribution >= 0.6 is 25.3 Å². The second kappa shape index (κ2) is 22.8. The molecule has 0 spiro atoms. The van der Waals surface area contributed by atoms with Gasteiger partial charge in [-0.2, -0.15) is 25.3 Å². The number of carboxylic acids is 4. The summed E-state index contributed by atoms with van der Waals surface area (Å²) >= 11 is 7.98. The molecule has 23 heteroatoms. The molecule has 5 atom stereocenters. The van der Waals surface area contributed by atoms with Gasteiger partial charge in [0.2, 0.25) is 35.4 Å². The van der Waals surface area contributed by atoms with E-state index in [1.807, 2.05) is 5.32 Å². The summed E-state index contributed by atoms with van der Waals surface area (Å²) in [7, 11) is 0. The van der Waals surface area contributed by atoms with Crippen LogP contribution in [-0.2, 0) is 47.9 Å². The maximum Gasteiger partial charge on any atom is 0.322 e. The molecule has 0 saturated carbocycles. The zero-order valence-electron chi connectivity index (χ0n) is 25.3. The van der Waals surface area contributed by atoms with Crippen LogP contribution in [0.15, 0.2) is 0 Å². The van der Waals surface area contributed by atoms with E-state index < -0.39 is 140 Å². The molecule has 0 aromatic carbocycles. The second-order valence-electron chi connectivity index (χ2n) is 9.84. The highest BCUT2D eigenvalue weighted by molar-refractivity contribution is 7.80. The third-order valence-corrected chi connectivity index (χ3v) is 6.82. The molecule has 0 aliphatic heterocycles. The minimum absolute atomic E-state index is 0.372. The quantitative estimate of drug-likeness (QED) is 0.0415. The van der Waals surface area contributed by atoms with Gasteiger partial charge >= 0.3 is 23.9 Å². The van der Waals surface area contributed by atoms with E-state index in [0.29, 0.717) is 0 Å². The number of carbonyl (C=O) groups excluding carboxylic acids is 6. The van der Waals surface area contributed by atoms with E-state index in [1.165, 1.54) is 0 Å². The van der Waals surface area contributed by atoms with Crippen molar-refractivity contribution in [2.75, 3.05) is 24.6 Å². The highest BCUT2D eigenvalue weighted by Gasteiger charge is 2.32. The van der Waals surface area contributed by atoms with Gasteiger partial charge in [0.05, 0.1) is 6.54 Å². The van der Waals surface area contributed by atoms with Crippen molar-refractivity contribution in [3.63, 3.8) is 0 Å². The normalized spacial score (nSPS) is 13.6. The van der Waals surface area contributed by atoms with Gasteiger partial charge in [-0.05, 0) is 19.3 Å². The van der Waals surface area contributed by atoms with Crippen LogP contribution in [0.4, 0.5) is 0 Å². The first-order valence-corrected chi connectivity index (χ1v) is 15.3. The molecule has 0 heterocycles. The molecule has 0 aliphatic carbocycles. The lowest BCUT2D eigenvalue weighted by Gasteiger charge is -2.26. The smallest absolute Gasteiger partial charge is 0.322 e. The average Bonchev–Trinajstić information content (AvgIpc) is 3.02. The molecule has 0 bridgehead atoms. The fourth-order valence-electron chi connectivity index (χ4n) is 3.63. The fraction of sp³-hybridized carbons (Fsp3) is 0.600. The van der Waals surface area contributed by atoms with E-state index in [4.69, 9.17) is 26.2 Å². The van der Waals surface area contributed by atoms with Crippen LogP contribution < -0.4 is 37.6 Å². The Labute approximate surface area is 283 Å². The molecule has 0 fully saturated rings.